The molecule has 0 saturated carbocycles. The first kappa shape index (κ1) is 24.5. The molecule has 8 N–H and O–H groups in total. The van der Waals surface area contributed by atoms with E-state index in [4.69, 9.17) is 17.2 Å². The van der Waals surface area contributed by atoms with Crippen LogP contribution in [0.3, 0.4) is 0 Å². The Kier molecular flexibility index (Phi) is 7.90. The maximum absolute atomic E-state index is 12.5. The van der Waals surface area contributed by atoms with Crippen LogP contribution in [-0.2, 0) is 33.7 Å². The van der Waals surface area contributed by atoms with Crippen molar-refractivity contribution in [2.45, 2.75) is 43.3 Å². The van der Waals surface area contributed by atoms with Crippen LogP contribution in [0.2, 0.25) is 0 Å². The summed E-state index contributed by atoms with van der Waals surface area (Å²) in [6.07, 6.45) is 1.99. The van der Waals surface area contributed by atoms with Gasteiger partial charge in [0.15, 0.2) is 0 Å². The Labute approximate surface area is 194 Å². The van der Waals surface area contributed by atoms with Crippen LogP contribution in [0.5, 0.6) is 11.5 Å². The summed E-state index contributed by atoms with van der Waals surface area (Å²) in [5, 5.41) is 19.1. The Bertz CT molecular complexity index is 1060. The van der Waals surface area contributed by atoms with E-state index in [9.17, 15) is 24.0 Å². The first-order valence-corrected chi connectivity index (χ1v) is 11.6. The van der Waals surface area contributed by atoms with Crippen molar-refractivity contribution in [3.05, 3.63) is 47.5 Å². The van der Waals surface area contributed by atoms with Crippen LogP contribution in [-0.4, -0.2) is 54.6 Å². The van der Waals surface area contributed by atoms with Crippen LogP contribution < -0.4 is 17.2 Å². The highest BCUT2D eigenvalue weighted by Gasteiger charge is 2.26. The molecule has 0 bridgehead atoms. The van der Waals surface area contributed by atoms with Crippen molar-refractivity contribution in [2.24, 2.45) is 11.5 Å². The van der Waals surface area contributed by atoms with Crippen LogP contribution in [0.15, 0.2) is 41.3 Å². The summed E-state index contributed by atoms with van der Waals surface area (Å²) in [4.78, 5) is 24.0. The molecule has 1 fully saturated rings. The zero-order valence-corrected chi connectivity index (χ0v) is 19.0. The van der Waals surface area contributed by atoms with Gasteiger partial charge < -0.3 is 32.3 Å². The summed E-state index contributed by atoms with van der Waals surface area (Å²) in [6, 6.07) is 8.95. The fraction of sp³-hybridized carbons (Fsp3) is 0.364. The molecule has 0 aliphatic carbocycles. The smallest absolute Gasteiger partial charge is 0.240 e. The standard InChI is InChI=1S/C14H14N2O3S.C8H15N3O2/c15-11-2-1-9-7-16(8-10(9)5-11)20(19)14-4-3-12(17)6-13(14)18;9-6(5-7(10)12)8(13)11-3-1-2-4-11/h1-6,17-18H,7-8,15H2;6H,1-5,9H2,(H2,10,12). The van der Waals surface area contributed by atoms with Crippen LogP contribution in [0.1, 0.15) is 30.4 Å². The number of phenols is 2. The van der Waals surface area contributed by atoms with Crippen LogP contribution in [0.4, 0.5) is 5.69 Å². The van der Waals surface area contributed by atoms with Gasteiger partial charge in [-0.05, 0) is 48.2 Å². The quantitative estimate of drug-likeness (QED) is 0.392. The number of fused-ring (bicyclic) bond motifs is 1. The SMILES string of the molecule is NC(=O)CC(N)C(=O)N1CCCC1.Nc1ccc2c(c1)CN(S(=O)c1ccc(O)cc1O)C2. The van der Waals surface area contributed by atoms with Crippen LogP contribution in [0.25, 0.3) is 0 Å². The van der Waals surface area contributed by atoms with Gasteiger partial charge in [-0.25, -0.2) is 8.51 Å². The van der Waals surface area contributed by atoms with Crippen LogP contribution >= 0.6 is 0 Å². The normalized spacial score (nSPS) is 17.1. The third-order valence-electron chi connectivity index (χ3n) is 5.44. The molecule has 2 aliphatic heterocycles. The number of hydrogen-bond donors (Lipinski definition) is 5. The number of carbonyl (C=O) groups excluding carboxylic acids is 2. The number of carbonyl (C=O) groups is 2. The summed E-state index contributed by atoms with van der Waals surface area (Å²) >= 11 is 0. The minimum atomic E-state index is -1.48. The van der Waals surface area contributed by atoms with Gasteiger partial charge in [-0.15, -0.1) is 0 Å². The minimum absolute atomic E-state index is 0.0549. The predicted octanol–water partition coefficient (Wildman–Crippen LogP) is 0.530. The molecule has 2 aromatic rings. The molecule has 178 valence electrons. The molecule has 2 unspecified atom stereocenters. The predicted molar refractivity (Wildman–Crippen MR) is 124 cm³/mol. The van der Waals surface area contributed by atoms with Crippen molar-refractivity contribution >= 4 is 28.5 Å². The molecule has 0 radical (unpaired) electrons. The second kappa shape index (κ2) is 10.6. The van der Waals surface area contributed by atoms with Gasteiger partial charge in [0.2, 0.25) is 11.8 Å². The maximum atomic E-state index is 12.5. The van der Waals surface area contributed by atoms with Gasteiger partial charge in [0.05, 0.1) is 17.4 Å². The van der Waals surface area contributed by atoms with E-state index in [1.165, 1.54) is 18.2 Å². The van der Waals surface area contributed by atoms with Gasteiger partial charge >= 0.3 is 0 Å². The number of rotatable bonds is 5. The summed E-state index contributed by atoms with van der Waals surface area (Å²) in [6.45, 7) is 2.58. The third kappa shape index (κ3) is 6.21. The largest absolute Gasteiger partial charge is 0.508 e. The molecule has 0 aromatic heterocycles. The van der Waals surface area contributed by atoms with E-state index in [2.05, 4.69) is 0 Å². The van der Waals surface area contributed by atoms with E-state index in [1.54, 1.807) is 9.21 Å². The number of amides is 2. The average molecular weight is 476 g/mol. The zero-order valence-electron chi connectivity index (χ0n) is 18.1. The molecular weight excluding hydrogens is 446 g/mol. The lowest BCUT2D eigenvalue weighted by atomic mass is 10.1. The van der Waals surface area contributed by atoms with E-state index in [0.29, 0.717) is 23.7 Å². The summed E-state index contributed by atoms with van der Waals surface area (Å²) in [5.74, 6) is -0.907. The highest BCUT2D eigenvalue weighted by atomic mass is 32.2. The van der Waals surface area contributed by atoms with Crippen molar-refractivity contribution in [2.75, 3.05) is 18.8 Å². The summed E-state index contributed by atoms with van der Waals surface area (Å²) < 4.78 is 14.2. The molecule has 4 rings (SSSR count). The first-order chi connectivity index (χ1) is 15.7. The van der Waals surface area contributed by atoms with Crippen molar-refractivity contribution in [1.82, 2.24) is 9.21 Å². The molecule has 2 heterocycles. The molecule has 0 spiro atoms. The molecule has 2 aromatic carbocycles. The number of nitrogens with two attached hydrogens (primary N) is 3. The molecule has 2 amide bonds. The number of phenolic OH excluding ortho intramolecular Hbond substituents is 2. The number of benzene rings is 2. The van der Waals surface area contributed by atoms with Crippen molar-refractivity contribution in [3.63, 3.8) is 0 Å². The van der Waals surface area contributed by atoms with E-state index < -0.39 is 22.9 Å². The van der Waals surface area contributed by atoms with Crippen LogP contribution in [0, 0.1) is 0 Å². The molecule has 2 aliphatic rings. The fourth-order valence-electron chi connectivity index (χ4n) is 3.77. The second-order valence-corrected chi connectivity index (χ2v) is 9.49. The Morgan fingerprint density at radius 3 is 2.33 bits per heavy atom. The fourth-order valence-corrected chi connectivity index (χ4v) is 4.98. The number of aromatic hydroxyl groups is 2. The Hall–Kier alpha value is -3.15. The number of primary amides is 1. The molecule has 33 heavy (non-hydrogen) atoms. The number of nitrogen functional groups attached to an aromatic ring is 1. The average Bonchev–Trinajstić information content (AvgIpc) is 3.42. The highest BCUT2D eigenvalue weighted by molar-refractivity contribution is 7.82. The molecule has 11 heteroatoms. The van der Waals surface area contributed by atoms with Gasteiger partial charge in [-0.1, -0.05) is 6.07 Å². The Balaban J connectivity index is 0.000000205. The topological polar surface area (TPSA) is 176 Å². The van der Waals surface area contributed by atoms with Crippen molar-refractivity contribution < 1.29 is 24.0 Å². The lowest BCUT2D eigenvalue weighted by Crippen LogP contribution is -2.44. The lowest BCUT2D eigenvalue weighted by Gasteiger charge is -2.18. The number of nitrogens with zero attached hydrogens (tertiary/aromatic N) is 2. The molecule has 2 atom stereocenters. The number of likely N-dealkylation sites (tertiary alicyclic amines) is 1. The second-order valence-electron chi connectivity index (χ2n) is 8.04. The Morgan fingerprint density at radius 2 is 1.70 bits per heavy atom. The van der Waals surface area contributed by atoms with Gasteiger partial charge in [0, 0.05) is 37.9 Å². The monoisotopic (exact) mass is 475 g/mol. The maximum Gasteiger partial charge on any atom is 0.240 e. The number of anilines is 1. The van der Waals surface area contributed by atoms with Gasteiger partial charge in [0.25, 0.3) is 0 Å². The molecule has 10 nitrogen and oxygen atoms in total. The van der Waals surface area contributed by atoms with E-state index in [0.717, 1.165) is 37.1 Å². The first-order valence-electron chi connectivity index (χ1n) is 10.5. The van der Waals surface area contributed by atoms with Gasteiger partial charge in [-0.3, -0.25) is 9.59 Å². The molecule has 1 saturated heterocycles. The summed E-state index contributed by atoms with van der Waals surface area (Å²) in [5.41, 5.74) is 19.0. The highest BCUT2D eigenvalue weighted by Crippen LogP contribution is 2.32. The number of hydrogen-bond acceptors (Lipinski definition) is 7. The van der Waals surface area contributed by atoms with Gasteiger partial charge in [0.1, 0.15) is 22.5 Å². The molecular formula is C22H29N5O5S. The lowest BCUT2D eigenvalue weighted by molar-refractivity contribution is -0.133. The van der Waals surface area contributed by atoms with Crippen molar-refractivity contribution in [3.8, 4) is 11.5 Å². The van der Waals surface area contributed by atoms with Gasteiger partial charge in [-0.2, -0.15) is 0 Å². The third-order valence-corrected chi connectivity index (χ3v) is 6.89. The van der Waals surface area contributed by atoms with E-state index in [-0.39, 0.29) is 23.8 Å². The van der Waals surface area contributed by atoms with E-state index in [1.807, 2.05) is 18.2 Å². The summed E-state index contributed by atoms with van der Waals surface area (Å²) in [7, 11) is -1.48. The Morgan fingerprint density at radius 1 is 1.03 bits per heavy atom. The zero-order chi connectivity index (χ0) is 24.1. The van der Waals surface area contributed by atoms with E-state index >= 15 is 0 Å². The van der Waals surface area contributed by atoms with Crippen molar-refractivity contribution in [1.29, 1.82) is 0 Å². The minimum Gasteiger partial charge on any atom is -0.508 e.